The third-order valence-electron chi connectivity index (χ3n) is 5.63. The average Bonchev–Trinajstić information content (AvgIpc) is 2.70. The fourth-order valence-corrected chi connectivity index (χ4v) is 4.10. The van der Waals surface area contributed by atoms with E-state index in [-0.39, 0.29) is 18.3 Å². The number of halogens is 1. The highest BCUT2D eigenvalue weighted by atomic mass is 35.5. The molecule has 1 unspecified atom stereocenters. The molecule has 2 aliphatic rings. The topological polar surface area (TPSA) is 44.8 Å². The Morgan fingerprint density at radius 1 is 1.26 bits per heavy atom. The summed E-state index contributed by atoms with van der Waals surface area (Å²) in [5.41, 5.74) is 1.03. The molecule has 0 saturated carbocycles. The van der Waals surface area contributed by atoms with Crippen molar-refractivity contribution in [3.05, 3.63) is 29.8 Å². The number of carbonyl (C=O) groups excluding carboxylic acids is 1. The van der Waals surface area contributed by atoms with Crippen LogP contribution in [0.15, 0.2) is 24.3 Å². The zero-order chi connectivity index (χ0) is 18.2. The summed E-state index contributed by atoms with van der Waals surface area (Å²) in [5, 5.41) is 3.46. The smallest absolute Gasteiger partial charge is 0.227 e. The number of methoxy groups -OCH3 is 1. The Morgan fingerprint density at radius 3 is 2.78 bits per heavy atom. The first-order valence-electron chi connectivity index (χ1n) is 10.1. The van der Waals surface area contributed by atoms with E-state index in [0.29, 0.717) is 12.5 Å². The van der Waals surface area contributed by atoms with E-state index in [1.165, 1.54) is 32.4 Å². The molecule has 1 N–H and O–H groups in total. The number of ether oxygens (including phenoxy) is 1. The fraction of sp³-hybridized carbons (Fsp3) is 0.667. The van der Waals surface area contributed by atoms with Crippen molar-refractivity contribution in [1.82, 2.24) is 15.1 Å². The Labute approximate surface area is 169 Å². The summed E-state index contributed by atoms with van der Waals surface area (Å²) in [4.78, 5) is 17.8. The third-order valence-corrected chi connectivity index (χ3v) is 5.63. The number of nitrogens with one attached hydrogen (secondary N) is 1. The number of likely N-dealkylation sites (tertiary alicyclic amines) is 1. The summed E-state index contributed by atoms with van der Waals surface area (Å²) >= 11 is 0. The maximum atomic E-state index is 13.1. The Balaban J connectivity index is 0.00000261. The number of hydrogen-bond donors (Lipinski definition) is 1. The Morgan fingerprint density at radius 2 is 2.07 bits per heavy atom. The summed E-state index contributed by atoms with van der Waals surface area (Å²) in [5.74, 6) is 1.05. The second kappa shape index (κ2) is 11.5. The molecule has 152 valence electrons. The molecule has 2 fully saturated rings. The maximum Gasteiger partial charge on any atom is 0.227 e. The highest BCUT2D eigenvalue weighted by Crippen LogP contribution is 2.17. The third kappa shape index (κ3) is 6.66. The SMILES string of the molecule is COc1cccc(CC(=O)N(CCN2CCCCC2)C2CCCNC2)c1.Cl. The highest BCUT2D eigenvalue weighted by molar-refractivity contribution is 5.85. The van der Waals surface area contributed by atoms with Gasteiger partial charge in [0.2, 0.25) is 5.91 Å². The van der Waals surface area contributed by atoms with Crippen LogP contribution in [0.5, 0.6) is 5.75 Å². The lowest BCUT2D eigenvalue weighted by Crippen LogP contribution is -2.51. The second-order valence-corrected chi connectivity index (χ2v) is 7.52. The predicted molar refractivity (Wildman–Crippen MR) is 112 cm³/mol. The molecule has 2 aliphatic heterocycles. The molecule has 3 rings (SSSR count). The molecular formula is C21H34ClN3O2. The van der Waals surface area contributed by atoms with Gasteiger partial charge < -0.3 is 19.9 Å². The molecule has 0 aromatic heterocycles. The number of piperidine rings is 2. The van der Waals surface area contributed by atoms with Crippen LogP contribution in [0.3, 0.4) is 0 Å². The van der Waals surface area contributed by atoms with Gasteiger partial charge in [0, 0.05) is 25.7 Å². The molecule has 0 bridgehead atoms. The van der Waals surface area contributed by atoms with E-state index in [0.717, 1.165) is 50.3 Å². The number of nitrogens with zero attached hydrogens (tertiary/aromatic N) is 2. The van der Waals surface area contributed by atoms with Gasteiger partial charge in [-0.1, -0.05) is 18.6 Å². The van der Waals surface area contributed by atoms with E-state index in [2.05, 4.69) is 15.1 Å². The van der Waals surface area contributed by atoms with Gasteiger partial charge in [-0.15, -0.1) is 12.4 Å². The highest BCUT2D eigenvalue weighted by Gasteiger charge is 2.26. The summed E-state index contributed by atoms with van der Waals surface area (Å²) in [6.45, 7) is 6.20. The van der Waals surface area contributed by atoms with Gasteiger partial charge >= 0.3 is 0 Å². The van der Waals surface area contributed by atoms with Crippen molar-refractivity contribution in [2.45, 2.75) is 44.6 Å². The largest absolute Gasteiger partial charge is 0.497 e. The molecule has 0 spiro atoms. The molecule has 1 atom stereocenters. The van der Waals surface area contributed by atoms with Crippen molar-refractivity contribution in [2.75, 3.05) is 46.4 Å². The van der Waals surface area contributed by atoms with E-state index in [9.17, 15) is 4.79 Å². The van der Waals surface area contributed by atoms with Crippen LogP contribution in [0.25, 0.3) is 0 Å². The summed E-state index contributed by atoms with van der Waals surface area (Å²) < 4.78 is 5.30. The molecule has 0 radical (unpaired) electrons. The van der Waals surface area contributed by atoms with Crippen LogP contribution in [-0.4, -0.2) is 68.1 Å². The van der Waals surface area contributed by atoms with E-state index in [1.807, 2.05) is 24.3 Å². The first kappa shape index (κ1) is 22.0. The Kier molecular flexibility index (Phi) is 9.39. The Bertz CT molecular complexity index is 572. The number of benzene rings is 1. The first-order chi connectivity index (χ1) is 12.8. The van der Waals surface area contributed by atoms with Crippen LogP contribution >= 0.6 is 12.4 Å². The molecule has 1 amide bonds. The normalized spacial score (nSPS) is 20.6. The van der Waals surface area contributed by atoms with Gasteiger partial charge in [0.05, 0.1) is 13.5 Å². The number of hydrogen-bond acceptors (Lipinski definition) is 4. The van der Waals surface area contributed by atoms with Gasteiger partial charge in [0.15, 0.2) is 0 Å². The molecule has 1 aromatic rings. The molecular weight excluding hydrogens is 362 g/mol. The van der Waals surface area contributed by atoms with Crippen LogP contribution in [0, 0.1) is 0 Å². The monoisotopic (exact) mass is 395 g/mol. The second-order valence-electron chi connectivity index (χ2n) is 7.52. The minimum Gasteiger partial charge on any atom is -0.497 e. The van der Waals surface area contributed by atoms with Gasteiger partial charge in [-0.2, -0.15) is 0 Å². The number of amides is 1. The molecule has 2 saturated heterocycles. The number of carbonyl (C=O) groups is 1. The van der Waals surface area contributed by atoms with Crippen LogP contribution in [0.2, 0.25) is 0 Å². The summed E-state index contributed by atoms with van der Waals surface area (Å²) in [7, 11) is 1.67. The van der Waals surface area contributed by atoms with Crippen LogP contribution in [0.4, 0.5) is 0 Å². The van der Waals surface area contributed by atoms with Gasteiger partial charge in [-0.25, -0.2) is 0 Å². The fourth-order valence-electron chi connectivity index (χ4n) is 4.10. The lowest BCUT2D eigenvalue weighted by Gasteiger charge is -2.37. The average molecular weight is 396 g/mol. The van der Waals surface area contributed by atoms with Crippen molar-refractivity contribution in [3.8, 4) is 5.75 Å². The van der Waals surface area contributed by atoms with Crippen LogP contribution in [-0.2, 0) is 11.2 Å². The van der Waals surface area contributed by atoms with Crippen molar-refractivity contribution < 1.29 is 9.53 Å². The zero-order valence-corrected chi connectivity index (χ0v) is 17.3. The van der Waals surface area contributed by atoms with E-state index in [1.54, 1.807) is 7.11 Å². The lowest BCUT2D eigenvalue weighted by molar-refractivity contribution is -0.133. The quantitative estimate of drug-likeness (QED) is 0.771. The number of rotatable bonds is 7. The van der Waals surface area contributed by atoms with Crippen LogP contribution < -0.4 is 10.1 Å². The molecule has 6 heteroatoms. The zero-order valence-electron chi connectivity index (χ0n) is 16.5. The Hall–Kier alpha value is -1.30. The lowest BCUT2D eigenvalue weighted by atomic mass is 10.0. The van der Waals surface area contributed by atoms with Gasteiger partial charge in [0.1, 0.15) is 5.75 Å². The van der Waals surface area contributed by atoms with Crippen molar-refractivity contribution in [3.63, 3.8) is 0 Å². The van der Waals surface area contributed by atoms with E-state index < -0.39 is 0 Å². The molecule has 1 aromatic carbocycles. The van der Waals surface area contributed by atoms with Crippen LogP contribution in [0.1, 0.15) is 37.7 Å². The van der Waals surface area contributed by atoms with Crippen molar-refractivity contribution in [1.29, 1.82) is 0 Å². The standard InChI is InChI=1S/C21H33N3O2.ClH/c1-26-20-9-5-7-18(15-20)16-21(25)24(19-8-6-10-22-17-19)14-13-23-11-3-2-4-12-23;/h5,7,9,15,19,22H,2-4,6,8,10-14,16-17H2,1H3;1H. The van der Waals surface area contributed by atoms with E-state index in [4.69, 9.17) is 4.74 Å². The van der Waals surface area contributed by atoms with Gasteiger partial charge in [-0.3, -0.25) is 4.79 Å². The summed E-state index contributed by atoms with van der Waals surface area (Å²) in [6, 6.07) is 8.20. The molecule has 2 heterocycles. The first-order valence-corrected chi connectivity index (χ1v) is 10.1. The molecule has 27 heavy (non-hydrogen) atoms. The minimum atomic E-state index is 0. The van der Waals surface area contributed by atoms with E-state index >= 15 is 0 Å². The minimum absolute atomic E-state index is 0. The molecule has 5 nitrogen and oxygen atoms in total. The van der Waals surface area contributed by atoms with Gasteiger partial charge in [-0.05, 0) is 63.0 Å². The summed E-state index contributed by atoms with van der Waals surface area (Å²) in [6.07, 6.45) is 6.65. The van der Waals surface area contributed by atoms with Gasteiger partial charge in [0.25, 0.3) is 0 Å². The van der Waals surface area contributed by atoms with Crippen molar-refractivity contribution in [2.24, 2.45) is 0 Å². The van der Waals surface area contributed by atoms with Crippen molar-refractivity contribution >= 4 is 18.3 Å². The predicted octanol–water partition coefficient (Wildman–Crippen LogP) is 2.73. The molecule has 0 aliphatic carbocycles. The maximum absolute atomic E-state index is 13.1.